The molecule has 6 nitrogen and oxygen atoms in total. The van der Waals surface area contributed by atoms with E-state index >= 15 is 0 Å². The Labute approximate surface area is 164 Å². The first-order valence-electron chi connectivity index (χ1n) is 9.02. The van der Waals surface area contributed by atoms with Crippen LogP contribution < -0.4 is 0 Å². The Hall–Kier alpha value is -0.299. The Bertz CT molecular complexity index is 443. The fraction of sp³-hybridized carbons (Fsp3) is 0.824. The zero-order valence-corrected chi connectivity index (χ0v) is 20.8. The summed E-state index contributed by atoms with van der Waals surface area (Å²) in [5, 5.41) is 0. The van der Waals surface area contributed by atoms with E-state index in [4.69, 9.17) is 17.7 Å². The summed E-state index contributed by atoms with van der Waals surface area (Å²) >= 11 is 0. The van der Waals surface area contributed by atoms with E-state index in [9.17, 15) is 4.79 Å². The van der Waals surface area contributed by atoms with Gasteiger partial charge in [0.2, 0.25) is 9.76 Å². The Morgan fingerprint density at radius 1 is 1.23 bits per heavy atom. The van der Waals surface area contributed by atoms with E-state index in [1.165, 1.54) is 0 Å². The average Bonchev–Trinajstić information content (AvgIpc) is 2.43. The van der Waals surface area contributed by atoms with Crippen LogP contribution in [0, 0.1) is 0 Å². The molecule has 0 aromatic rings. The van der Waals surface area contributed by atoms with Crippen LogP contribution in [0.1, 0.15) is 13.3 Å². The van der Waals surface area contributed by atoms with Crippen LogP contribution >= 0.6 is 0 Å². The molecule has 0 aliphatic carbocycles. The van der Waals surface area contributed by atoms with E-state index in [2.05, 4.69) is 32.8 Å². The topological polar surface area (TPSA) is 57.2 Å². The molecule has 0 heterocycles. The minimum atomic E-state index is -2.14. The van der Waals surface area contributed by atoms with E-state index in [0.717, 1.165) is 12.5 Å². The molecule has 0 aromatic heterocycles. The summed E-state index contributed by atoms with van der Waals surface area (Å²) in [6.07, 6.45) is 0.574. The number of hydrogen-bond acceptors (Lipinski definition) is 6. The van der Waals surface area contributed by atoms with Gasteiger partial charge in [0.1, 0.15) is 6.10 Å². The van der Waals surface area contributed by atoms with Gasteiger partial charge >= 0.3 is 14.5 Å². The molecule has 2 radical (unpaired) electrons. The van der Waals surface area contributed by atoms with Crippen LogP contribution in [0.4, 0.5) is 0 Å². The van der Waals surface area contributed by atoms with Gasteiger partial charge in [0, 0.05) is 18.7 Å². The van der Waals surface area contributed by atoms with Gasteiger partial charge in [-0.05, 0) is 66.2 Å². The van der Waals surface area contributed by atoms with E-state index in [0.29, 0.717) is 35.1 Å². The first kappa shape index (κ1) is 25.7. The van der Waals surface area contributed by atoms with Crippen molar-refractivity contribution in [1.29, 1.82) is 0 Å². The third-order valence-corrected chi connectivity index (χ3v) is 11.2. The molecular formula is C17H37NO5Si3. The normalized spacial score (nSPS) is 15.6. The van der Waals surface area contributed by atoms with Gasteiger partial charge in [-0.2, -0.15) is 0 Å². The van der Waals surface area contributed by atoms with Gasteiger partial charge in [-0.15, -0.1) is 0 Å². The highest BCUT2D eigenvalue weighted by Gasteiger charge is 2.35. The van der Waals surface area contributed by atoms with E-state index in [1.807, 2.05) is 25.5 Å². The fourth-order valence-corrected chi connectivity index (χ4v) is 11.5. The van der Waals surface area contributed by atoms with Crippen molar-refractivity contribution in [1.82, 2.24) is 4.90 Å². The van der Waals surface area contributed by atoms with Crippen molar-refractivity contribution in [2.75, 3.05) is 33.9 Å². The monoisotopic (exact) mass is 419 g/mol. The van der Waals surface area contributed by atoms with Crippen molar-refractivity contribution < 1.29 is 22.5 Å². The lowest BCUT2D eigenvalue weighted by Crippen LogP contribution is -2.47. The average molecular weight is 420 g/mol. The molecule has 0 aliphatic rings. The number of esters is 1. The van der Waals surface area contributed by atoms with Gasteiger partial charge in [-0.25, -0.2) is 4.79 Å². The molecule has 0 bridgehead atoms. The standard InChI is InChI=1S/C17H37NO5Si3/c1-15(2)17(19)21-16(13-18(3)4)14-20-11-10-12-26(9,22-24-5)23-25(6,7)8/h16H,1,10-14H2,2-9H3. The molecular weight excluding hydrogens is 382 g/mol. The van der Waals surface area contributed by atoms with E-state index < -0.39 is 16.9 Å². The highest BCUT2D eigenvalue weighted by Crippen LogP contribution is 2.21. The smallest absolute Gasteiger partial charge is 0.333 e. The Kier molecular flexibility index (Phi) is 12.1. The van der Waals surface area contributed by atoms with Crippen molar-refractivity contribution in [3.63, 3.8) is 0 Å². The number of hydrogen-bond donors (Lipinski definition) is 0. The lowest BCUT2D eigenvalue weighted by Gasteiger charge is -2.33. The van der Waals surface area contributed by atoms with Gasteiger partial charge in [-0.1, -0.05) is 6.58 Å². The number of nitrogens with zero attached hydrogens (tertiary/aromatic N) is 1. The van der Waals surface area contributed by atoms with Crippen molar-refractivity contribution in [3.8, 4) is 0 Å². The van der Waals surface area contributed by atoms with Gasteiger partial charge in [0.15, 0.2) is 8.32 Å². The van der Waals surface area contributed by atoms with Crippen molar-refractivity contribution in [3.05, 3.63) is 12.2 Å². The number of ether oxygens (including phenoxy) is 2. The van der Waals surface area contributed by atoms with Gasteiger partial charge in [0.25, 0.3) is 0 Å². The summed E-state index contributed by atoms with van der Waals surface area (Å²) in [7, 11) is 0.546. The maximum Gasteiger partial charge on any atom is 0.333 e. The van der Waals surface area contributed by atoms with E-state index in [-0.39, 0.29) is 12.1 Å². The highest BCUT2D eigenvalue weighted by molar-refractivity contribution is 6.83. The van der Waals surface area contributed by atoms with Crippen LogP contribution in [0.3, 0.4) is 0 Å². The number of carbonyl (C=O) groups is 1. The molecule has 0 fully saturated rings. The lowest BCUT2D eigenvalue weighted by atomic mass is 10.3. The summed E-state index contributed by atoms with van der Waals surface area (Å²) in [6, 6.07) is 0.905. The van der Waals surface area contributed by atoms with Crippen LogP contribution in [0.5, 0.6) is 0 Å². The molecule has 0 spiro atoms. The van der Waals surface area contributed by atoms with Crippen LogP contribution in [-0.2, 0) is 22.5 Å². The maximum atomic E-state index is 11.7. The van der Waals surface area contributed by atoms with Gasteiger partial charge in [0.05, 0.1) is 6.61 Å². The summed E-state index contributed by atoms with van der Waals surface area (Å²) in [5.41, 5.74) is 0.400. The number of carbonyl (C=O) groups excluding carboxylic acids is 1. The molecule has 2 atom stereocenters. The molecule has 26 heavy (non-hydrogen) atoms. The molecule has 0 saturated carbocycles. The molecule has 152 valence electrons. The van der Waals surface area contributed by atoms with Crippen LogP contribution in [-0.4, -0.2) is 77.5 Å². The molecule has 0 rings (SSSR count). The third kappa shape index (κ3) is 13.0. The summed E-state index contributed by atoms with van der Waals surface area (Å²) in [5.74, 6) is -0.374. The summed E-state index contributed by atoms with van der Waals surface area (Å²) in [6.45, 7) is 17.6. The largest absolute Gasteiger partial charge is 0.455 e. The maximum absolute atomic E-state index is 11.7. The highest BCUT2D eigenvalue weighted by atomic mass is 28.5. The predicted molar refractivity (Wildman–Crippen MR) is 112 cm³/mol. The predicted octanol–water partition coefficient (Wildman–Crippen LogP) is 3.05. The zero-order chi connectivity index (χ0) is 20.4. The van der Waals surface area contributed by atoms with Crippen LogP contribution in [0.25, 0.3) is 0 Å². The van der Waals surface area contributed by atoms with Crippen molar-refractivity contribution >= 4 is 32.6 Å². The molecule has 0 aromatic carbocycles. The minimum Gasteiger partial charge on any atom is -0.455 e. The van der Waals surface area contributed by atoms with E-state index in [1.54, 1.807) is 6.92 Å². The molecule has 9 heteroatoms. The van der Waals surface area contributed by atoms with Crippen LogP contribution in [0.15, 0.2) is 12.2 Å². The lowest BCUT2D eigenvalue weighted by molar-refractivity contribution is -0.148. The molecule has 0 amide bonds. The molecule has 0 aliphatic heterocycles. The number of likely N-dealkylation sites (N-methyl/N-ethyl adjacent to an activating group) is 1. The second-order valence-electron chi connectivity index (χ2n) is 7.90. The van der Waals surface area contributed by atoms with Crippen molar-refractivity contribution in [2.45, 2.75) is 58.2 Å². The summed E-state index contributed by atoms with van der Waals surface area (Å²) < 4.78 is 23.6. The first-order chi connectivity index (χ1) is 11.9. The molecule has 0 N–H and O–H groups in total. The van der Waals surface area contributed by atoms with Gasteiger partial charge < -0.3 is 22.6 Å². The number of rotatable bonds is 14. The second-order valence-corrected chi connectivity index (χ2v) is 16.9. The van der Waals surface area contributed by atoms with Gasteiger partial charge in [-0.3, -0.25) is 0 Å². The third-order valence-electron chi connectivity index (χ3n) is 3.25. The first-order valence-corrected chi connectivity index (χ1v) is 16.4. The summed E-state index contributed by atoms with van der Waals surface area (Å²) in [4.78, 5) is 13.7. The Morgan fingerprint density at radius 2 is 1.85 bits per heavy atom. The Morgan fingerprint density at radius 3 is 2.31 bits per heavy atom. The molecule has 0 saturated heterocycles. The second kappa shape index (κ2) is 12.2. The quantitative estimate of drug-likeness (QED) is 0.187. The Balaban J connectivity index is 4.40. The fourth-order valence-electron chi connectivity index (χ4n) is 2.48. The SMILES string of the molecule is C=C(C)C(=O)OC(COCCC[Si](C)(O[Si]C)O[Si](C)(C)C)CN(C)C. The molecule has 2 unspecified atom stereocenters. The zero-order valence-electron chi connectivity index (χ0n) is 17.8. The minimum absolute atomic E-state index is 0.301. The van der Waals surface area contributed by atoms with Crippen LogP contribution in [0.2, 0.25) is 38.8 Å². The van der Waals surface area contributed by atoms with Crippen molar-refractivity contribution in [2.24, 2.45) is 0 Å².